The Labute approximate surface area is 91.5 Å². The van der Waals surface area contributed by atoms with Gasteiger partial charge in [0.1, 0.15) is 0 Å². The van der Waals surface area contributed by atoms with Crippen molar-refractivity contribution in [2.24, 2.45) is 5.73 Å². The molecule has 0 saturated heterocycles. The number of halogens is 3. The van der Waals surface area contributed by atoms with Crippen LogP contribution in [0.4, 0.5) is 13.2 Å². The van der Waals surface area contributed by atoms with Crippen LogP contribution in [0, 0.1) is 6.92 Å². The van der Waals surface area contributed by atoms with Crippen molar-refractivity contribution < 1.29 is 13.2 Å². The maximum absolute atomic E-state index is 12.8. The van der Waals surface area contributed by atoms with E-state index in [0.717, 1.165) is 6.42 Å². The highest BCUT2D eigenvalue weighted by molar-refractivity contribution is 5.21. The first kappa shape index (κ1) is 11.4. The van der Waals surface area contributed by atoms with E-state index < -0.39 is 12.0 Å². The second kappa shape index (κ2) is 3.76. The third kappa shape index (κ3) is 1.71. The van der Waals surface area contributed by atoms with Crippen LogP contribution >= 0.6 is 0 Å². The summed E-state index contributed by atoms with van der Waals surface area (Å²) in [5, 5.41) is 0. The molecule has 1 aliphatic heterocycles. The Kier molecular flexibility index (Phi) is 2.69. The van der Waals surface area contributed by atoms with E-state index in [9.17, 15) is 13.2 Å². The van der Waals surface area contributed by atoms with Gasteiger partial charge in [-0.15, -0.1) is 0 Å². The molecule has 90 valence electrons. The molecule has 0 aromatic carbocycles. The molecule has 2 N–H and O–H groups in total. The van der Waals surface area contributed by atoms with Crippen molar-refractivity contribution in [3.8, 4) is 0 Å². The quantitative estimate of drug-likeness (QED) is 0.806. The average Bonchev–Trinajstić information content (AvgIpc) is 2.56. The fraction of sp³-hybridized carbons (Fsp3) is 0.700. The maximum Gasteiger partial charge on any atom is 0.449 e. The van der Waals surface area contributed by atoms with Gasteiger partial charge >= 0.3 is 6.18 Å². The number of rotatable bonds is 1. The van der Waals surface area contributed by atoms with E-state index >= 15 is 0 Å². The van der Waals surface area contributed by atoms with E-state index in [0.29, 0.717) is 24.2 Å². The van der Waals surface area contributed by atoms with E-state index in [2.05, 4.69) is 4.98 Å². The SMILES string of the molecule is Cc1nc(C(F)(F)F)n2c1CCCC2CN. The lowest BCUT2D eigenvalue weighted by atomic mass is 10.0. The van der Waals surface area contributed by atoms with Crippen LogP contribution in [0.15, 0.2) is 0 Å². The highest BCUT2D eigenvalue weighted by Crippen LogP contribution is 2.36. The minimum atomic E-state index is -4.40. The molecule has 0 aliphatic carbocycles. The number of hydrogen-bond acceptors (Lipinski definition) is 2. The third-order valence-corrected chi connectivity index (χ3v) is 3.05. The van der Waals surface area contributed by atoms with Crippen LogP contribution in [0.3, 0.4) is 0 Å². The molecule has 0 saturated carbocycles. The van der Waals surface area contributed by atoms with E-state index in [4.69, 9.17) is 5.73 Å². The van der Waals surface area contributed by atoms with Gasteiger partial charge in [0.2, 0.25) is 5.82 Å². The van der Waals surface area contributed by atoms with Gasteiger partial charge in [0.05, 0.1) is 5.69 Å². The Bertz CT molecular complexity index is 395. The molecule has 3 nitrogen and oxygen atoms in total. The van der Waals surface area contributed by atoms with Gasteiger partial charge in [-0.2, -0.15) is 13.2 Å². The molecular weight excluding hydrogens is 219 g/mol. The highest BCUT2D eigenvalue weighted by Gasteiger charge is 2.40. The molecule has 1 aromatic heterocycles. The molecule has 1 aromatic rings. The van der Waals surface area contributed by atoms with Crippen molar-refractivity contribution in [3.63, 3.8) is 0 Å². The summed E-state index contributed by atoms with van der Waals surface area (Å²) in [7, 11) is 0. The summed E-state index contributed by atoms with van der Waals surface area (Å²) >= 11 is 0. The fourth-order valence-corrected chi connectivity index (χ4v) is 2.33. The van der Waals surface area contributed by atoms with Crippen LogP contribution in [0.2, 0.25) is 0 Å². The van der Waals surface area contributed by atoms with E-state index in [1.807, 2.05) is 0 Å². The topological polar surface area (TPSA) is 43.8 Å². The van der Waals surface area contributed by atoms with Crippen LogP contribution in [0.5, 0.6) is 0 Å². The predicted molar refractivity (Wildman–Crippen MR) is 53.0 cm³/mol. The van der Waals surface area contributed by atoms with Gasteiger partial charge in [0.25, 0.3) is 0 Å². The molecule has 0 radical (unpaired) electrons. The standard InChI is InChI=1S/C10H14F3N3/c1-6-8-4-2-3-7(5-14)16(8)9(15-6)10(11,12)13/h7H,2-5,14H2,1H3. The molecule has 0 bridgehead atoms. The number of nitrogens with two attached hydrogens (primary N) is 1. The summed E-state index contributed by atoms with van der Waals surface area (Å²) in [6.07, 6.45) is -2.16. The number of aryl methyl sites for hydroxylation is 1. The molecule has 16 heavy (non-hydrogen) atoms. The monoisotopic (exact) mass is 233 g/mol. The number of nitrogens with zero attached hydrogens (tertiary/aromatic N) is 2. The molecule has 1 aliphatic rings. The molecule has 2 heterocycles. The first-order valence-corrected chi connectivity index (χ1v) is 5.30. The molecule has 2 rings (SSSR count). The molecule has 0 amide bonds. The van der Waals surface area contributed by atoms with Gasteiger partial charge in [-0.3, -0.25) is 0 Å². The second-order valence-corrected chi connectivity index (χ2v) is 4.12. The summed E-state index contributed by atoms with van der Waals surface area (Å²) in [4.78, 5) is 3.64. The lowest BCUT2D eigenvalue weighted by Crippen LogP contribution is -2.28. The van der Waals surface area contributed by atoms with Gasteiger partial charge < -0.3 is 10.3 Å². The van der Waals surface area contributed by atoms with Gasteiger partial charge in [-0.1, -0.05) is 0 Å². The summed E-state index contributed by atoms with van der Waals surface area (Å²) < 4.78 is 39.6. The molecule has 1 unspecified atom stereocenters. The second-order valence-electron chi connectivity index (χ2n) is 4.12. The van der Waals surface area contributed by atoms with Gasteiger partial charge in [-0.25, -0.2) is 4.98 Å². The Morgan fingerprint density at radius 1 is 1.50 bits per heavy atom. The highest BCUT2D eigenvalue weighted by atomic mass is 19.4. The Hall–Kier alpha value is -1.04. The van der Waals surface area contributed by atoms with E-state index in [-0.39, 0.29) is 12.6 Å². The first-order valence-electron chi connectivity index (χ1n) is 5.30. The van der Waals surface area contributed by atoms with E-state index in [1.54, 1.807) is 6.92 Å². The zero-order valence-electron chi connectivity index (χ0n) is 9.01. The van der Waals surface area contributed by atoms with Crippen LogP contribution < -0.4 is 5.73 Å². The summed E-state index contributed by atoms with van der Waals surface area (Å²) in [5.41, 5.74) is 6.69. The minimum Gasteiger partial charge on any atom is -0.328 e. The van der Waals surface area contributed by atoms with Gasteiger partial charge in [0, 0.05) is 18.3 Å². The number of imidazole rings is 1. The Balaban J connectivity index is 2.56. The Morgan fingerprint density at radius 3 is 2.75 bits per heavy atom. The average molecular weight is 233 g/mol. The third-order valence-electron chi connectivity index (χ3n) is 3.05. The number of hydrogen-bond donors (Lipinski definition) is 1. The summed E-state index contributed by atoms with van der Waals surface area (Å²) in [5.74, 6) is -0.796. The van der Waals surface area contributed by atoms with Crippen LogP contribution in [-0.2, 0) is 12.6 Å². The van der Waals surface area contributed by atoms with Crippen molar-refractivity contribution >= 4 is 0 Å². The normalized spacial score (nSPS) is 20.9. The van der Waals surface area contributed by atoms with Crippen molar-refractivity contribution in [2.75, 3.05) is 6.54 Å². The first-order chi connectivity index (χ1) is 7.45. The Morgan fingerprint density at radius 2 is 2.19 bits per heavy atom. The molecule has 6 heteroatoms. The zero-order valence-corrected chi connectivity index (χ0v) is 9.01. The molecular formula is C10H14F3N3. The smallest absolute Gasteiger partial charge is 0.328 e. The van der Waals surface area contributed by atoms with Gasteiger partial charge in [-0.05, 0) is 26.2 Å². The van der Waals surface area contributed by atoms with Crippen LogP contribution in [-0.4, -0.2) is 16.1 Å². The maximum atomic E-state index is 12.8. The van der Waals surface area contributed by atoms with Gasteiger partial charge in [0.15, 0.2) is 0 Å². The van der Waals surface area contributed by atoms with Crippen molar-refractivity contribution in [3.05, 3.63) is 17.2 Å². The lowest BCUT2D eigenvalue weighted by molar-refractivity contribution is -0.148. The summed E-state index contributed by atoms with van der Waals surface area (Å²) in [6, 6.07) is -0.262. The summed E-state index contributed by atoms with van der Waals surface area (Å²) in [6.45, 7) is 1.85. The zero-order chi connectivity index (χ0) is 11.9. The molecule has 0 spiro atoms. The van der Waals surface area contributed by atoms with Crippen molar-refractivity contribution in [1.82, 2.24) is 9.55 Å². The van der Waals surface area contributed by atoms with Crippen LogP contribution in [0.25, 0.3) is 0 Å². The molecule has 0 fully saturated rings. The number of aromatic nitrogens is 2. The predicted octanol–water partition coefficient (Wildman–Crippen LogP) is 2.05. The van der Waals surface area contributed by atoms with Crippen molar-refractivity contribution in [1.29, 1.82) is 0 Å². The minimum absolute atomic E-state index is 0.228. The number of fused-ring (bicyclic) bond motifs is 1. The van der Waals surface area contributed by atoms with E-state index in [1.165, 1.54) is 4.57 Å². The van der Waals surface area contributed by atoms with Crippen molar-refractivity contribution in [2.45, 2.75) is 38.4 Å². The largest absolute Gasteiger partial charge is 0.449 e. The lowest BCUT2D eigenvalue weighted by Gasteiger charge is -2.26. The number of alkyl halides is 3. The molecule has 1 atom stereocenters. The van der Waals surface area contributed by atoms with Crippen LogP contribution in [0.1, 0.15) is 36.1 Å². The fourth-order valence-electron chi connectivity index (χ4n) is 2.33.